The third kappa shape index (κ3) is 3.73. The average molecular weight is 347 g/mol. The van der Waals surface area contributed by atoms with Crippen molar-refractivity contribution in [2.45, 2.75) is 20.0 Å². The molecule has 0 aliphatic rings. The zero-order valence-electron chi connectivity index (χ0n) is 14.8. The minimum atomic E-state index is -1.25. The number of carbonyl (C=O) groups excluding carboxylic acids is 1. The van der Waals surface area contributed by atoms with Gasteiger partial charge in [0.05, 0.1) is 6.21 Å². The number of benzene rings is 2. The predicted octanol–water partition coefficient (Wildman–Crippen LogP) is 3.28. The van der Waals surface area contributed by atoms with Crippen LogP contribution in [0.2, 0.25) is 0 Å². The summed E-state index contributed by atoms with van der Waals surface area (Å²) in [5, 5.41) is 14.0. The molecule has 3 rings (SSSR count). The molecule has 0 saturated carbocycles. The molecule has 2 N–H and O–H groups in total. The Balaban J connectivity index is 1.73. The molecule has 5 nitrogen and oxygen atoms in total. The van der Waals surface area contributed by atoms with E-state index in [0.29, 0.717) is 5.56 Å². The number of aliphatic hydroxyl groups is 1. The van der Waals surface area contributed by atoms with Crippen LogP contribution in [0.5, 0.6) is 0 Å². The van der Waals surface area contributed by atoms with Crippen LogP contribution >= 0.6 is 0 Å². The third-order valence-corrected chi connectivity index (χ3v) is 4.23. The Hall–Kier alpha value is -3.18. The lowest BCUT2D eigenvalue weighted by Gasteiger charge is -2.09. The third-order valence-electron chi connectivity index (χ3n) is 4.23. The van der Waals surface area contributed by atoms with Gasteiger partial charge >= 0.3 is 0 Å². The first kappa shape index (κ1) is 17.6. The van der Waals surface area contributed by atoms with Gasteiger partial charge < -0.3 is 9.67 Å². The molecule has 1 aromatic heterocycles. The van der Waals surface area contributed by atoms with Gasteiger partial charge in [0.2, 0.25) is 0 Å². The maximum atomic E-state index is 12.0. The van der Waals surface area contributed by atoms with E-state index >= 15 is 0 Å². The number of aryl methyl sites for hydroxylation is 1. The highest BCUT2D eigenvalue weighted by atomic mass is 16.3. The van der Waals surface area contributed by atoms with Gasteiger partial charge in [-0.3, -0.25) is 4.79 Å². The lowest BCUT2D eigenvalue weighted by molar-refractivity contribution is -0.129. The van der Waals surface area contributed by atoms with Gasteiger partial charge in [0.1, 0.15) is 0 Å². The van der Waals surface area contributed by atoms with Crippen molar-refractivity contribution in [3.8, 4) is 5.69 Å². The van der Waals surface area contributed by atoms with Gasteiger partial charge in [0.15, 0.2) is 6.10 Å². The largest absolute Gasteiger partial charge is 0.378 e. The Labute approximate surface area is 152 Å². The summed E-state index contributed by atoms with van der Waals surface area (Å²) in [7, 11) is 0. The molecule has 132 valence electrons. The van der Waals surface area contributed by atoms with Crippen LogP contribution in [0.3, 0.4) is 0 Å². The molecule has 0 radical (unpaired) electrons. The molecular formula is C21H21N3O2. The van der Waals surface area contributed by atoms with E-state index in [-0.39, 0.29) is 0 Å². The first-order valence-corrected chi connectivity index (χ1v) is 8.38. The number of nitrogens with zero attached hydrogens (tertiary/aromatic N) is 2. The van der Waals surface area contributed by atoms with Crippen LogP contribution in [0.25, 0.3) is 5.69 Å². The van der Waals surface area contributed by atoms with E-state index in [2.05, 4.69) is 15.1 Å². The second-order valence-electron chi connectivity index (χ2n) is 6.04. The van der Waals surface area contributed by atoms with Crippen molar-refractivity contribution < 1.29 is 9.90 Å². The van der Waals surface area contributed by atoms with E-state index in [1.54, 1.807) is 30.5 Å². The minimum Gasteiger partial charge on any atom is -0.378 e. The Morgan fingerprint density at radius 1 is 1.08 bits per heavy atom. The molecule has 5 heteroatoms. The van der Waals surface area contributed by atoms with Gasteiger partial charge in [-0.15, -0.1) is 0 Å². The molecule has 3 aromatic rings. The second kappa shape index (κ2) is 7.80. The van der Waals surface area contributed by atoms with E-state index < -0.39 is 12.0 Å². The van der Waals surface area contributed by atoms with Crippen LogP contribution in [0, 0.1) is 13.8 Å². The summed E-state index contributed by atoms with van der Waals surface area (Å²) in [5.41, 5.74) is 7.00. The van der Waals surface area contributed by atoms with Crippen molar-refractivity contribution in [1.82, 2.24) is 9.99 Å². The van der Waals surface area contributed by atoms with Crippen molar-refractivity contribution in [1.29, 1.82) is 0 Å². The van der Waals surface area contributed by atoms with Crippen molar-refractivity contribution >= 4 is 12.1 Å². The number of rotatable bonds is 5. The van der Waals surface area contributed by atoms with Crippen molar-refractivity contribution in [3.63, 3.8) is 0 Å². The van der Waals surface area contributed by atoms with Crippen LogP contribution in [0.15, 0.2) is 71.8 Å². The standard InChI is InChI=1S/C21H21N3O2/c1-15-13-18(16(2)24(15)19-11-7-4-8-12-19)14-22-23-21(26)20(25)17-9-5-3-6-10-17/h3-14,20,25H,1-2H3,(H,23,26)/b22-14-/t20-/m1/s1. The highest BCUT2D eigenvalue weighted by Crippen LogP contribution is 2.19. The predicted molar refractivity (Wildman–Crippen MR) is 102 cm³/mol. The topological polar surface area (TPSA) is 66.6 Å². The number of para-hydroxylation sites is 1. The fourth-order valence-corrected chi connectivity index (χ4v) is 2.91. The van der Waals surface area contributed by atoms with Crippen LogP contribution in [-0.2, 0) is 4.79 Å². The van der Waals surface area contributed by atoms with Crippen molar-refractivity contribution in [2.24, 2.45) is 5.10 Å². The summed E-state index contributed by atoms with van der Waals surface area (Å²) < 4.78 is 2.13. The van der Waals surface area contributed by atoms with E-state index in [9.17, 15) is 9.90 Å². The van der Waals surface area contributed by atoms with Gasteiger partial charge in [-0.25, -0.2) is 5.43 Å². The molecule has 0 saturated heterocycles. The Kier molecular flexibility index (Phi) is 5.29. The van der Waals surface area contributed by atoms with Crippen LogP contribution < -0.4 is 5.43 Å². The average Bonchev–Trinajstić information content (AvgIpc) is 2.96. The van der Waals surface area contributed by atoms with Crippen LogP contribution in [0.4, 0.5) is 0 Å². The smallest absolute Gasteiger partial charge is 0.273 e. The molecular weight excluding hydrogens is 326 g/mol. The number of hydrazone groups is 1. The fourth-order valence-electron chi connectivity index (χ4n) is 2.91. The molecule has 2 aromatic carbocycles. The number of aromatic nitrogens is 1. The zero-order valence-corrected chi connectivity index (χ0v) is 14.8. The lowest BCUT2D eigenvalue weighted by atomic mass is 10.1. The number of hydrogen-bond donors (Lipinski definition) is 2. The van der Waals surface area contributed by atoms with Gasteiger partial charge in [-0.2, -0.15) is 5.10 Å². The summed E-state index contributed by atoms with van der Waals surface area (Å²) in [6.07, 6.45) is 0.349. The van der Waals surface area contributed by atoms with Gasteiger partial charge in [-0.05, 0) is 37.6 Å². The molecule has 0 aliphatic heterocycles. The lowest BCUT2D eigenvalue weighted by Crippen LogP contribution is -2.25. The van der Waals surface area contributed by atoms with E-state index in [1.807, 2.05) is 56.3 Å². The number of aliphatic hydroxyl groups excluding tert-OH is 1. The minimum absolute atomic E-state index is 0.530. The summed E-state index contributed by atoms with van der Waals surface area (Å²) in [4.78, 5) is 12.0. The van der Waals surface area contributed by atoms with Crippen molar-refractivity contribution in [2.75, 3.05) is 0 Å². The molecule has 0 spiro atoms. The van der Waals surface area contributed by atoms with Crippen LogP contribution in [-0.4, -0.2) is 21.8 Å². The Morgan fingerprint density at radius 3 is 2.35 bits per heavy atom. The van der Waals surface area contributed by atoms with E-state index in [1.165, 1.54) is 0 Å². The molecule has 0 bridgehead atoms. The fraction of sp³-hybridized carbons (Fsp3) is 0.143. The molecule has 1 amide bonds. The number of hydrogen-bond acceptors (Lipinski definition) is 3. The number of carbonyl (C=O) groups is 1. The molecule has 0 aliphatic carbocycles. The molecule has 0 unspecified atom stereocenters. The maximum Gasteiger partial charge on any atom is 0.273 e. The molecule has 26 heavy (non-hydrogen) atoms. The second-order valence-corrected chi connectivity index (χ2v) is 6.04. The van der Waals surface area contributed by atoms with Gasteiger partial charge in [-0.1, -0.05) is 48.5 Å². The Morgan fingerprint density at radius 2 is 1.69 bits per heavy atom. The highest BCUT2D eigenvalue weighted by Gasteiger charge is 2.16. The number of nitrogens with one attached hydrogen (secondary N) is 1. The Bertz CT molecular complexity index is 915. The highest BCUT2D eigenvalue weighted by molar-refractivity contribution is 5.86. The monoisotopic (exact) mass is 347 g/mol. The summed E-state index contributed by atoms with van der Waals surface area (Å²) in [6.45, 7) is 4.02. The van der Waals surface area contributed by atoms with E-state index in [4.69, 9.17) is 0 Å². The molecule has 1 atom stereocenters. The normalized spacial score (nSPS) is 12.3. The number of amides is 1. The first-order chi connectivity index (χ1) is 12.6. The first-order valence-electron chi connectivity index (χ1n) is 8.38. The summed E-state index contributed by atoms with van der Waals surface area (Å²) >= 11 is 0. The van der Waals surface area contributed by atoms with Crippen LogP contribution in [0.1, 0.15) is 28.6 Å². The summed E-state index contributed by atoms with van der Waals surface area (Å²) in [5.74, 6) is -0.565. The van der Waals surface area contributed by atoms with Crippen molar-refractivity contribution in [3.05, 3.63) is 89.2 Å². The summed E-state index contributed by atoms with van der Waals surface area (Å²) in [6, 6.07) is 20.8. The quantitative estimate of drug-likeness (QED) is 0.549. The SMILES string of the molecule is Cc1cc(/C=N\NC(=O)[C@H](O)c2ccccc2)c(C)n1-c1ccccc1. The maximum absolute atomic E-state index is 12.0. The van der Waals surface area contributed by atoms with E-state index in [0.717, 1.165) is 22.6 Å². The van der Waals surface area contributed by atoms with Gasteiger partial charge in [0.25, 0.3) is 5.91 Å². The molecule has 1 heterocycles. The van der Waals surface area contributed by atoms with Gasteiger partial charge in [0, 0.05) is 22.6 Å². The zero-order chi connectivity index (χ0) is 18.5. The molecule has 0 fully saturated rings.